The number of nitriles is 2. The number of thioether (sulfide) groups is 1. The number of ether oxygens (including phenoxy) is 2. The topological polar surface area (TPSA) is 115 Å². The maximum atomic E-state index is 14.4. The largest absolute Gasteiger partial charge is 0.444 e. The Hall–Kier alpha value is -3.57. The number of carbonyl (C=O) groups excluding carboxylic acids is 1. The number of nitrogens with zero attached hydrogens (tertiary/aromatic N) is 6. The van der Waals surface area contributed by atoms with Gasteiger partial charge in [0.2, 0.25) is 5.88 Å². The van der Waals surface area contributed by atoms with E-state index in [0.29, 0.717) is 37.2 Å². The van der Waals surface area contributed by atoms with Crippen LogP contribution >= 0.6 is 11.8 Å². The highest BCUT2D eigenvalue weighted by atomic mass is 32.2. The second-order valence-corrected chi connectivity index (χ2v) is 8.91. The number of piperazine rings is 1. The van der Waals surface area contributed by atoms with Crippen LogP contribution in [-0.4, -0.2) is 59.0 Å². The molecule has 1 fully saturated rings. The van der Waals surface area contributed by atoms with E-state index in [1.807, 2.05) is 31.7 Å². The molecule has 2 heterocycles. The van der Waals surface area contributed by atoms with Gasteiger partial charge < -0.3 is 19.3 Å². The third-order valence-electron chi connectivity index (χ3n) is 4.63. The van der Waals surface area contributed by atoms with Gasteiger partial charge in [0.25, 0.3) is 0 Å². The van der Waals surface area contributed by atoms with Gasteiger partial charge in [-0.25, -0.2) is 14.2 Å². The molecular weight excluding hydrogens is 447 g/mol. The van der Waals surface area contributed by atoms with Gasteiger partial charge >= 0.3 is 6.09 Å². The van der Waals surface area contributed by atoms with E-state index in [2.05, 4.69) is 16.0 Å². The summed E-state index contributed by atoms with van der Waals surface area (Å²) < 4.78 is 25.4. The Kier molecular flexibility index (Phi) is 7.24. The molecular formula is C22H23FN6O3S. The maximum Gasteiger partial charge on any atom is 0.410 e. The van der Waals surface area contributed by atoms with E-state index in [4.69, 9.17) is 14.7 Å². The van der Waals surface area contributed by atoms with Crippen LogP contribution in [0.25, 0.3) is 0 Å². The fourth-order valence-corrected chi connectivity index (χ4v) is 3.44. The Balaban J connectivity index is 1.86. The molecule has 11 heteroatoms. The van der Waals surface area contributed by atoms with Crippen molar-refractivity contribution in [2.75, 3.05) is 37.3 Å². The summed E-state index contributed by atoms with van der Waals surface area (Å²) in [5.74, 6) is -0.624. The Bertz CT molecular complexity index is 1130. The number of amides is 1. The molecule has 2 aromatic rings. The molecule has 0 spiro atoms. The summed E-state index contributed by atoms with van der Waals surface area (Å²) in [5, 5.41) is 19.1. The van der Waals surface area contributed by atoms with Gasteiger partial charge in [0.1, 0.15) is 11.7 Å². The van der Waals surface area contributed by atoms with E-state index in [0.717, 1.165) is 6.07 Å². The molecule has 1 aliphatic heterocycles. The Labute approximate surface area is 195 Å². The number of hydrogen-bond donors (Lipinski definition) is 0. The molecule has 0 atom stereocenters. The summed E-state index contributed by atoms with van der Waals surface area (Å²) in [6.07, 6.45) is 1.38. The molecule has 0 radical (unpaired) electrons. The van der Waals surface area contributed by atoms with Gasteiger partial charge in [-0.3, -0.25) is 0 Å². The first-order valence-electron chi connectivity index (χ1n) is 10.1. The van der Waals surface area contributed by atoms with Crippen molar-refractivity contribution in [1.82, 2.24) is 14.9 Å². The van der Waals surface area contributed by atoms with Crippen molar-refractivity contribution in [1.29, 1.82) is 10.5 Å². The minimum absolute atomic E-state index is 0.0577. The fourth-order valence-electron chi connectivity index (χ4n) is 3.09. The van der Waals surface area contributed by atoms with Crippen molar-refractivity contribution in [2.45, 2.75) is 31.5 Å². The first-order valence-corrected chi connectivity index (χ1v) is 11.3. The summed E-state index contributed by atoms with van der Waals surface area (Å²) in [7, 11) is 0. The Morgan fingerprint density at radius 1 is 1.15 bits per heavy atom. The smallest absolute Gasteiger partial charge is 0.410 e. The number of halogens is 1. The molecule has 9 nitrogen and oxygen atoms in total. The molecule has 1 aliphatic rings. The fraction of sp³-hybridized carbons (Fsp3) is 0.409. The van der Waals surface area contributed by atoms with E-state index in [1.165, 1.54) is 23.9 Å². The summed E-state index contributed by atoms with van der Waals surface area (Å²) in [6.45, 7) is 7.04. The molecule has 0 saturated carbocycles. The van der Waals surface area contributed by atoms with Gasteiger partial charge in [-0.15, -0.1) is 0 Å². The van der Waals surface area contributed by atoms with E-state index in [1.54, 1.807) is 11.2 Å². The van der Waals surface area contributed by atoms with Crippen molar-refractivity contribution in [3.05, 3.63) is 35.1 Å². The summed E-state index contributed by atoms with van der Waals surface area (Å²) in [5.41, 5.74) is -0.381. The summed E-state index contributed by atoms with van der Waals surface area (Å²) in [6, 6.07) is 7.69. The molecule has 1 amide bonds. The van der Waals surface area contributed by atoms with Crippen LogP contribution in [0.15, 0.2) is 23.4 Å². The van der Waals surface area contributed by atoms with Crippen LogP contribution in [-0.2, 0) is 4.74 Å². The minimum Gasteiger partial charge on any atom is -0.444 e. The Morgan fingerprint density at radius 3 is 2.39 bits per heavy atom. The highest BCUT2D eigenvalue weighted by molar-refractivity contribution is 7.98. The zero-order valence-corrected chi connectivity index (χ0v) is 19.6. The quantitative estimate of drug-likeness (QED) is 0.484. The average Bonchev–Trinajstić information content (AvgIpc) is 2.78. The van der Waals surface area contributed by atoms with Gasteiger partial charge in [0.15, 0.2) is 28.1 Å². The number of rotatable bonds is 4. The first-order chi connectivity index (χ1) is 15.6. The van der Waals surface area contributed by atoms with Gasteiger partial charge in [0.05, 0.1) is 11.6 Å². The average molecular weight is 471 g/mol. The van der Waals surface area contributed by atoms with Crippen molar-refractivity contribution in [3.63, 3.8) is 0 Å². The number of aromatic nitrogens is 2. The standard InChI is InChI=1S/C22H23FN6O3S/c1-22(2,3)32-21(30)29-9-7-28(8-10-29)18-15(13-25)19(27-20(26-18)33-4)31-17-6-5-14(12-24)11-16(17)23/h5-6,11H,7-10H2,1-4H3. The second kappa shape index (κ2) is 9.92. The predicted octanol–water partition coefficient (Wildman–Crippen LogP) is 3.93. The molecule has 0 bridgehead atoms. The molecule has 1 saturated heterocycles. The van der Waals surface area contributed by atoms with E-state index < -0.39 is 17.5 Å². The molecule has 0 N–H and O–H groups in total. The van der Waals surface area contributed by atoms with Crippen LogP contribution in [0.1, 0.15) is 31.9 Å². The molecule has 33 heavy (non-hydrogen) atoms. The number of benzene rings is 1. The number of anilines is 1. The molecule has 1 aromatic carbocycles. The van der Waals surface area contributed by atoms with Crippen LogP contribution in [0, 0.1) is 28.5 Å². The molecule has 1 aromatic heterocycles. The maximum absolute atomic E-state index is 14.4. The Morgan fingerprint density at radius 2 is 1.85 bits per heavy atom. The molecule has 172 valence electrons. The lowest BCUT2D eigenvalue weighted by Crippen LogP contribution is -2.50. The van der Waals surface area contributed by atoms with Crippen LogP contribution in [0.4, 0.5) is 15.0 Å². The van der Waals surface area contributed by atoms with Gasteiger partial charge in [-0.05, 0) is 45.2 Å². The predicted molar refractivity (Wildman–Crippen MR) is 120 cm³/mol. The van der Waals surface area contributed by atoms with E-state index >= 15 is 0 Å². The lowest BCUT2D eigenvalue weighted by molar-refractivity contribution is 0.0240. The van der Waals surface area contributed by atoms with Crippen molar-refractivity contribution < 1.29 is 18.7 Å². The van der Waals surface area contributed by atoms with Gasteiger partial charge in [0, 0.05) is 26.2 Å². The molecule has 0 unspecified atom stereocenters. The van der Waals surface area contributed by atoms with E-state index in [9.17, 15) is 14.4 Å². The highest BCUT2D eigenvalue weighted by Crippen LogP contribution is 2.33. The molecule has 3 rings (SSSR count). The third kappa shape index (κ3) is 5.82. The lowest BCUT2D eigenvalue weighted by Gasteiger charge is -2.36. The number of hydrogen-bond acceptors (Lipinski definition) is 9. The van der Waals surface area contributed by atoms with Gasteiger partial charge in [-0.1, -0.05) is 11.8 Å². The second-order valence-electron chi connectivity index (χ2n) is 8.14. The van der Waals surface area contributed by atoms with Crippen molar-refractivity contribution >= 4 is 23.7 Å². The zero-order valence-electron chi connectivity index (χ0n) is 18.8. The first kappa shape index (κ1) is 24.1. The molecule has 0 aliphatic carbocycles. The summed E-state index contributed by atoms with van der Waals surface area (Å²) in [4.78, 5) is 24.5. The van der Waals surface area contributed by atoms with Crippen LogP contribution in [0.5, 0.6) is 11.6 Å². The van der Waals surface area contributed by atoms with Crippen LogP contribution in [0.2, 0.25) is 0 Å². The van der Waals surface area contributed by atoms with Crippen molar-refractivity contribution in [2.24, 2.45) is 0 Å². The minimum atomic E-state index is -0.741. The number of carbonyl (C=O) groups is 1. The van der Waals surface area contributed by atoms with Crippen molar-refractivity contribution in [3.8, 4) is 23.8 Å². The zero-order chi connectivity index (χ0) is 24.2. The summed E-state index contributed by atoms with van der Waals surface area (Å²) >= 11 is 1.25. The lowest BCUT2D eigenvalue weighted by atomic mass is 10.2. The van der Waals surface area contributed by atoms with Gasteiger partial charge in [-0.2, -0.15) is 15.5 Å². The third-order valence-corrected chi connectivity index (χ3v) is 5.18. The monoisotopic (exact) mass is 470 g/mol. The normalized spacial score (nSPS) is 13.8. The highest BCUT2D eigenvalue weighted by Gasteiger charge is 2.29. The van der Waals surface area contributed by atoms with E-state index in [-0.39, 0.29) is 22.8 Å². The van der Waals surface area contributed by atoms with Crippen LogP contribution < -0.4 is 9.64 Å². The van der Waals surface area contributed by atoms with Crippen LogP contribution in [0.3, 0.4) is 0 Å². The SMILES string of the molecule is CSc1nc(Oc2ccc(C#N)cc2F)c(C#N)c(N2CCN(C(=O)OC(C)(C)C)CC2)n1.